The molecule has 1 fully saturated rings. The van der Waals surface area contributed by atoms with E-state index in [1.807, 2.05) is 6.92 Å². The van der Waals surface area contributed by atoms with E-state index < -0.39 is 0 Å². The standard InChI is InChI=1S/C12H16N2O2/c1-9-10(4-3-5-13-9)11(15)14-6-12(2)7-16-8-12/h3-5H,6-8H2,1-2H3,(H,14,15). The number of ether oxygens (including phenoxy) is 1. The van der Waals surface area contributed by atoms with Crippen molar-refractivity contribution in [2.45, 2.75) is 13.8 Å². The fourth-order valence-electron chi connectivity index (χ4n) is 1.67. The van der Waals surface area contributed by atoms with Gasteiger partial charge in [-0.3, -0.25) is 9.78 Å². The molecule has 4 heteroatoms. The van der Waals surface area contributed by atoms with Crippen molar-refractivity contribution in [1.29, 1.82) is 0 Å². The van der Waals surface area contributed by atoms with Crippen LogP contribution in [-0.2, 0) is 4.74 Å². The van der Waals surface area contributed by atoms with E-state index in [0.29, 0.717) is 12.1 Å². The van der Waals surface area contributed by atoms with E-state index in [0.717, 1.165) is 18.9 Å². The number of hydrogen-bond donors (Lipinski definition) is 1. The van der Waals surface area contributed by atoms with Gasteiger partial charge in [0.2, 0.25) is 0 Å². The Bertz CT molecular complexity index is 400. The highest BCUT2D eigenvalue weighted by atomic mass is 16.5. The zero-order chi connectivity index (χ0) is 11.6. The lowest BCUT2D eigenvalue weighted by molar-refractivity contribution is -0.0978. The summed E-state index contributed by atoms with van der Waals surface area (Å²) in [5.74, 6) is -0.0567. The van der Waals surface area contributed by atoms with Gasteiger partial charge in [-0.2, -0.15) is 0 Å². The highest BCUT2D eigenvalue weighted by molar-refractivity contribution is 5.95. The van der Waals surface area contributed by atoms with Gasteiger partial charge in [0, 0.05) is 23.9 Å². The van der Waals surface area contributed by atoms with Crippen molar-refractivity contribution in [2.75, 3.05) is 19.8 Å². The Morgan fingerprint density at radius 2 is 2.38 bits per heavy atom. The number of aromatic nitrogens is 1. The van der Waals surface area contributed by atoms with Gasteiger partial charge in [-0.1, -0.05) is 6.92 Å². The van der Waals surface area contributed by atoms with Crippen molar-refractivity contribution >= 4 is 5.91 Å². The van der Waals surface area contributed by atoms with Crippen LogP contribution in [0.4, 0.5) is 0 Å². The van der Waals surface area contributed by atoms with Gasteiger partial charge in [0.15, 0.2) is 0 Å². The minimum absolute atomic E-state index is 0.0567. The Labute approximate surface area is 95.0 Å². The SMILES string of the molecule is Cc1ncccc1C(=O)NCC1(C)COC1. The largest absolute Gasteiger partial charge is 0.380 e. The molecule has 1 saturated heterocycles. The molecule has 86 valence electrons. The minimum atomic E-state index is -0.0567. The van der Waals surface area contributed by atoms with Gasteiger partial charge in [-0.15, -0.1) is 0 Å². The quantitative estimate of drug-likeness (QED) is 0.831. The summed E-state index contributed by atoms with van der Waals surface area (Å²) in [4.78, 5) is 16.0. The first kappa shape index (κ1) is 11.1. The number of carbonyl (C=O) groups excluding carboxylic acids is 1. The maximum absolute atomic E-state index is 11.9. The monoisotopic (exact) mass is 220 g/mol. The number of aryl methyl sites for hydroxylation is 1. The molecule has 1 aliphatic rings. The number of amides is 1. The number of carbonyl (C=O) groups is 1. The van der Waals surface area contributed by atoms with Crippen molar-refractivity contribution in [1.82, 2.24) is 10.3 Å². The van der Waals surface area contributed by atoms with Gasteiger partial charge >= 0.3 is 0 Å². The van der Waals surface area contributed by atoms with Crippen LogP contribution in [0.25, 0.3) is 0 Å². The van der Waals surface area contributed by atoms with Gasteiger partial charge in [0.05, 0.1) is 18.8 Å². The molecule has 1 amide bonds. The Hall–Kier alpha value is -1.42. The molecule has 1 aliphatic heterocycles. The van der Waals surface area contributed by atoms with Gasteiger partial charge in [-0.05, 0) is 19.1 Å². The van der Waals surface area contributed by atoms with Crippen molar-refractivity contribution in [3.63, 3.8) is 0 Å². The summed E-state index contributed by atoms with van der Waals surface area (Å²) in [6.07, 6.45) is 1.69. The molecular weight excluding hydrogens is 204 g/mol. The Morgan fingerprint density at radius 3 is 2.94 bits per heavy atom. The zero-order valence-corrected chi connectivity index (χ0v) is 9.62. The van der Waals surface area contributed by atoms with Crippen molar-refractivity contribution < 1.29 is 9.53 Å². The Morgan fingerprint density at radius 1 is 1.62 bits per heavy atom. The fraction of sp³-hybridized carbons (Fsp3) is 0.500. The highest BCUT2D eigenvalue weighted by Crippen LogP contribution is 2.25. The molecule has 1 N–H and O–H groups in total. The molecule has 0 unspecified atom stereocenters. The number of nitrogens with zero attached hydrogens (tertiary/aromatic N) is 1. The number of pyridine rings is 1. The third kappa shape index (κ3) is 2.22. The first-order valence-electron chi connectivity index (χ1n) is 5.38. The first-order valence-corrected chi connectivity index (χ1v) is 5.38. The van der Waals surface area contributed by atoms with Crippen LogP contribution in [0.15, 0.2) is 18.3 Å². The van der Waals surface area contributed by atoms with E-state index in [1.54, 1.807) is 18.3 Å². The minimum Gasteiger partial charge on any atom is -0.380 e. The van der Waals surface area contributed by atoms with Crippen LogP contribution in [-0.4, -0.2) is 30.6 Å². The van der Waals surface area contributed by atoms with Crippen molar-refractivity contribution in [2.24, 2.45) is 5.41 Å². The second-order valence-corrected chi connectivity index (χ2v) is 4.62. The summed E-state index contributed by atoms with van der Waals surface area (Å²) < 4.78 is 5.14. The van der Waals surface area contributed by atoms with Crippen LogP contribution in [0.1, 0.15) is 23.0 Å². The Kier molecular flexibility index (Phi) is 2.92. The van der Waals surface area contributed by atoms with Crippen LogP contribution in [0, 0.1) is 12.3 Å². The molecule has 16 heavy (non-hydrogen) atoms. The molecule has 1 aromatic heterocycles. The van der Waals surface area contributed by atoms with Gasteiger partial charge < -0.3 is 10.1 Å². The summed E-state index contributed by atoms with van der Waals surface area (Å²) in [7, 11) is 0. The van der Waals surface area contributed by atoms with Crippen LogP contribution in [0.3, 0.4) is 0 Å². The summed E-state index contributed by atoms with van der Waals surface area (Å²) >= 11 is 0. The van der Waals surface area contributed by atoms with Crippen LogP contribution in [0.2, 0.25) is 0 Å². The molecule has 2 heterocycles. The molecule has 0 spiro atoms. The molecule has 0 radical (unpaired) electrons. The summed E-state index contributed by atoms with van der Waals surface area (Å²) in [5, 5.41) is 2.92. The van der Waals surface area contributed by atoms with E-state index in [-0.39, 0.29) is 11.3 Å². The second kappa shape index (κ2) is 4.22. The van der Waals surface area contributed by atoms with Crippen LogP contribution < -0.4 is 5.32 Å². The molecule has 0 bridgehead atoms. The van der Waals surface area contributed by atoms with Crippen LogP contribution >= 0.6 is 0 Å². The molecule has 2 rings (SSSR count). The van der Waals surface area contributed by atoms with Gasteiger partial charge in [-0.25, -0.2) is 0 Å². The number of hydrogen-bond acceptors (Lipinski definition) is 3. The first-order chi connectivity index (χ1) is 7.61. The molecule has 0 saturated carbocycles. The van der Waals surface area contributed by atoms with E-state index in [2.05, 4.69) is 17.2 Å². The average Bonchev–Trinajstić information content (AvgIpc) is 2.24. The van der Waals surface area contributed by atoms with Gasteiger partial charge in [0.25, 0.3) is 5.91 Å². The Balaban J connectivity index is 1.96. The maximum atomic E-state index is 11.9. The van der Waals surface area contributed by atoms with Gasteiger partial charge in [0.1, 0.15) is 0 Å². The van der Waals surface area contributed by atoms with Crippen molar-refractivity contribution in [3.05, 3.63) is 29.6 Å². The molecular formula is C12H16N2O2. The van der Waals surface area contributed by atoms with E-state index in [4.69, 9.17) is 4.74 Å². The normalized spacial score (nSPS) is 17.6. The topological polar surface area (TPSA) is 51.2 Å². The lowest BCUT2D eigenvalue weighted by Crippen LogP contribution is -2.48. The summed E-state index contributed by atoms with van der Waals surface area (Å²) in [6.45, 7) is 6.04. The van der Waals surface area contributed by atoms with E-state index >= 15 is 0 Å². The lowest BCUT2D eigenvalue weighted by Gasteiger charge is -2.38. The average molecular weight is 220 g/mol. The third-order valence-corrected chi connectivity index (χ3v) is 2.83. The lowest BCUT2D eigenvalue weighted by atomic mass is 9.88. The van der Waals surface area contributed by atoms with Crippen LogP contribution in [0.5, 0.6) is 0 Å². The predicted molar refractivity (Wildman–Crippen MR) is 60.2 cm³/mol. The van der Waals surface area contributed by atoms with E-state index in [1.165, 1.54) is 0 Å². The summed E-state index contributed by atoms with van der Waals surface area (Å²) in [6, 6.07) is 3.56. The number of nitrogens with one attached hydrogen (secondary N) is 1. The van der Waals surface area contributed by atoms with Crippen molar-refractivity contribution in [3.8, 4) is 0 Å². The molecule has 0 aliphatic carbocycles. The number of rotatable bonds is 3. The maximum Gasteiger partial charge on any atom is 0.253 e. The summed E-state index contributed by atoms with van der Waals surface area (Å²) in [5.41, 5.74) is 1.51. The molecule has 0 atom stereocenters. The third-order valence-electron chi connectivity index (χ3n) is 2.83. The molecule has 1 aromatic rings. The fourth-order valence-corrected chi connectivity index (χ4v) is 1.67. The zero-order valence-electron chi connectivity index (χ0n) is 9.62. The molecule has 0 aromatic carbocycles. The van der Waals surface area contributed by atoms with E-state index in [9.17, 15) is 4.79 Å². The predicted octanol–water partition coefficient (Wildman–Crippen LogP) is 1.16. The molecule has 4 nitrogen and oxygen atoms in total. The highest BCUT2D eigenvalue weighted by Gasteiger charge is 2.33. The second-order valence-electron chi connectivity index (χ2n) is 4.62. The smallest absolute Gasteiger partial charge is 0.253 e.